The van der Waals surface area contributed by atoms with Crippen LogP contribution in [-0.4, -0.2) is 17.1 Å². The number of hydrogen-bond acceptors (Lipinski definition) is 4. The van der Waals surface area contributed by atoms with Crippen molar-refractivity contribution in [3.8, 4) is 6.07 Å². The zero-order chi connectivity index (χ0) is 15.0. The maximum Gasteiger partial charge on any atom is 0.116 e. The first-order valence-electron chi connectivity index (χ1n) is 7.47. The molecule has 2 saturated carbocycles. The van der Waals surface area contributed by atoms with E-state index in [2.05, 4.69) is 5.32 Å². The van der Waals surface area contributed by atoms with Crippen LogP contribution in [0.3, 0.4) is 0 Å². The summed E-state index contributed by atoms with van der Waals surface area (Å²) in [6, 6.07) is 3.07. The summed E-state index contributed by atoms with van der Waals surface area (Å²) in [5.41, 5.74) is 12.2. The lowest BCUT2D eigenvalue weighted by atomic mass is 10.2. The van der Waals surface area contributed by atoms with Gasteiger partial charge in [-0.25, -0.2) is 0 Å². The molecule has 2 fully saturated rings. The number of nitrogens with one attached hydrogen (secondary N) is 1. The van der Waals surface area contributed by atoms with Gasteiger partial charge in [-0.05, 0) is 32.6 Å². The van der Waals surface area contributed by atoms with Gasteiger partial charge in [0.1, 0.15) is 16.6 Å². The average molecular weight is 294 g/mol. The summed E-state index contributed by atoms with van der Waals surface area (Å²) in [5.74, 6) is 0. The molecule has 0 saturated heterocycles. The number of nitriles is 1. The van der Waals surface area contributed by atoms with E-state index < -0.39 is 0 Å². The van der Waals surface area contributed by atoms with Gasteiger partial charge in [0.15, 0.2) is 0 Å². The van der Waals surface area contributed by atoms with Gasteiger partial charge in [0, 0.05) is 17.8 Å². The Bertz CT molecular complexity index is 385. The molecule has 5 heteroatoms. The van der Waals surface area contributed by atoms with Crippen LogP contribution in [0.25, 0.3) is 0 Å². The molecule has 0 bridgehead atoms. The molecular formula is C15H26N4S. The predicted molar refractivity (Wildman–Crippen MR) is 86.9 cm³/mol. The van der Waals surface area contributed by atoms with E-state index in [4.69, 9.17) is 28.9 Å². The summed E-state index contributed by atoms with van der Waals surface area (Å²) in [6.07, 6.45) is 10.1. The maximum atomic E-state index is 8.83. The molecule has 4 nitrogen and oxygen atoms in total. The van der Waals surface area contributed by atoms with Gasteiger partial charge in [0.05, 0.1) is 0 Å². The van der Waals surface area contributed by atoms with Crippen LogP contribution in [0.15, 0.2) is 11.3 Å². The Balaban J connectivity index is 0.000000276. The van der Waals surface area contributed by atoms with E-state index in [1.807, 2.05) is 13.0 Å². The molecule has 20 heavy (non-hydrogen) atoms. The monoisotopic (exact) mass is 294 g/mol. The molecule has 112 valence electrons. The summed E-state index contributed by atoms with van der Waals surface area (Å²) in [6.45, 7) is 1.86. The molecule has 0 radical (unpaired) electrons. The zero-order valence-electron chi connectivity index (χ0n) is 12.3. The van der Waals surface area contributed by atoms with Crippen LogP contribution in [0.1, 0.15) is 58.3 Å². The van der Waals surface area contributed by atoms with Crippen LogP contribution in [0.4, 0.5) is 0 Å². The fraction of sp³-hybridized carbons (Fsp3) is 0.733. The molecule has 5 N–H and O–H groups in total. The molecule has 0 aliphatic heterocycles. The molecule has 0 heterocycles. The average Bonchev–Trinajstić information content (AvgIpc) is 3.04. The van der Waals surface area contributed by atoms with Crippen LogP contribution >= 0.6 is 12.2 Å². The summed E-state index contributed by atoms with van der Waals surface area (Å²) in [5, 5.41) is 12.1. The van der Waals surface area contributed by atoms with Crippen molar-refractivity contribution < 1.29 is 0 Å². The normalized spacial score (nSPS) is 20.6. The van der Waals surface area contributed by atoms with Crippen molar-refractivity contribution in [3.05, 3.63) is 11.3 Å². The summed E-state index contributed by atoms with van der Waals surface area (Å²) in [4.78, 5) is 0.176. The Morgan fingerprint density at radius 3 is 2.00 bits per heavy atom. The van der Waals surface area contributed by atoms with Crippen molar-refractivity contribution in [1.82, 2.24) is 5.32 Å². The second-order valence-electron chi connectivity index (χ2n) is 5.65. The van der Waals surface area contributed by atoms with Gasteiger partial charge in [-0.1, -0.05) is 37.9 Å². The van der Waals surface area contributed by atoms with Crippen LogP contribution in [-0.2, 0) is 0 Å². The third-order valence-corrected chi connectivity index (χ3v) is 4.11. The van der Waals surface area contributed by atoms with Gasteiger partial charge in [-0.15, -0.1) is 0 Å². The Labute approximate surface area is 127 Å². The number of hydrogen-bond donors (Lipinski definition) is 3. The fourth-order valence-corrected chi connectivity index (χ4v) is 2.93. The molecule has 2 aliphatic rings. The molecule has 2 aliphatic carbocycles. The molecule has 0 atom stereocenters. The van der Waals surface area contributed by atoms with E-state index in [1.165, 1.54) is 51.4 Å². The summed E-state index contributed by atoms with van der Waals surface area (Å²) < 4.78 is 0. The van der Waals surface area contributed by atoms with Crippen LogP contribution in [0.2, 0.25) is 0 Å². The van der Waals surface area contributed by atoms with Crippen LogP contribution in [0, 0.1) is 11.3 Å². The Hall–Kier alpha value is -1.12. The predicted octanol–water partition coefficient (Wildman–Crippen LogP) is 2.49. The number of allylic oxidation sites excluding steroid dienone is 1. The smallest absolute Gasteiger partial charge is 0.116 e. The van der Waals surface area contributed by atoms with E-state index in [-0.39, 0.29) is 4.99 Å². The number of thiocarbonyl (C=S) groups is 1. The van der Waals surface area contributed by atoms with Gasteiger partial charge in [0.2, 0.25) is 0 Å². The molecular weight excluding hydrogens is 268 g/mol. The van der Waals surface area contributed by atoms with Crippen molar-refractivity contribution in [2.24, 2.45) is 11.5 Å². The lowest BCUT2D eigenvalue weighted by molar-refractivity contribution is 0.584. The van der Waals surface area contributed by atoms with Gasteiger partial charge in [-0.2, -0.15) is 5.26 Å². The SMILES string of the molecule is C/C(NC1CCCC1)=C(\C#N)C(N)=S.NC1CCCC1. The molecule has 0 amide bonds. The van der Waals surface area contributed by atoms with Crippen molar-refractivity contribution in [3.63, 3.8) is 0 Å². The van der Waals surface area contributed by atoms with Crippen molar-refractivity contribution in [2.45, 2.75) is 70.4 Å². The third-order valence-electron chi connectivity index (χ3n) is 3.91. The summed E-state index contributed by atoms with van der Waals surface area (Å²) >= 11 is 4.79. The lowest BCUT2D eigenvalue weighted by Crippen LogP contribution is -2.27. The second-order valence-corrected chi connectivity index (χ2v) is 6.09. The topological polar surface area (TPSA) is 87.9 Å². The molecule has 0 spiro atoms. The minimum Gasteiger partial charge on any atom is -0.389 e. The largest absolute Gasteiger partial charge is 0.389 e. The second kappa shape index (κ2) is 8.93. The quantitative estimate of drug-likeness (QED) is 0.423. The minimum atomic E-state index is 0.176. The minimum absolute atomic E-state index is 0.176. The van der Waals surface area contributed by atoms with Gasteiger partial charge in [-0.3, -0.25) is 0 Å². The molecule has 0 unspecified atom stereocenters. The van der Waals surface area contributed by atoms with Crippen molar-refractivity contribution >= 4 is 17.2 Å². The van der Waals surface area contributed by atoms with Gasteiger partial charge >= 0.3 is 0 Å². The highest BCUT2D eigenvalue weighted by Gasteiger charge is 2.16. The highest BCUT2D eigenvalue weighted by atomic mass is 32.1. The van der Waals surface area contributed by atoms with E-state index in [1.54, 1.807) is 0 Å². The highest BCUT2D eigenvalue weighted by molar-refractivity contribution is 7.80. The van der Waals surface area contributed by atoms with Gasteiger partial charge in [0.25, 0.3) is 0 Å². The first-order chi connectivity index (χ1) is 9.54. The maximum absolute atomic E-state index is 8.83. The van der Waals surface area contributed by atoms with Crippen LogP contribution in [0.5, 0.6) is 0 Å². The zero-order valence-corrected chi connectivity index (χ0v) is 13.1. The first kappa shape index (κ1) is 16.9. The molecule has 0 aromatic rings. The van der Waals surface area contributed by atoms with Crippen LogP contribution < -0.4 is 16.8 Å². The number of nitrogens with zero attached hydrogens (tertiary/aromatic N) is 1. The Morgan fingerprint density at radius 2 is 1.65 bits per heavy atom. The van der Waals surface area contributed by atoms with E-state index in [9.17, 15) is 0 Å². The molecule has 0 aromatic carbocycles. The first-order valence-corrected chi connectivity index (χ1v) is 7.88. The van der Waals surface area contributed by atoms with Gasteiger partial charge < -0.3 is 16.8 Å². The van der Waals surface area contributed by atoms with Crippen molar-refractivity contribution in [1.29, 1.82) is 5.26 Å². The van der Waals surface area contributed by atoms with E-state index in [0.29, 0.717) is 17.7 Å². The van der Waals surface area contributed by atoms with E-state index in [0.717, 1.165) is 5.70 Å². The van der Waals surface area contributed by atoms with Crippen molar-refractivity contribution in [2.75, 3.05) is 0 Å². The number of nitrogens with two attached hydrogens (primary N) is 2. The summed E-state index contributed by atoms with van der Waals surface area (Å²) in [7, 11) is 0. The Morgan fingerprint density at radius 1 is 1.15 bits per heavy atom. The van der Waals surface area contributed by atoms with E-state index >= 15 is 0 Å². The Kier molecular flexibility index (Phi) is 7.56. The number of rotatable bonds is 3. The molecule has 0 aromatic heterocycles. The lowest BCUT2D eigenvalue weighted by Gasteiger charge is -2.14. The fourth-order valence-electron chi connectivity index (χ4n) is 2.73. The molecule has 2 rings (SSSR count). The third kappa shape index (κ3) is 5.89. The highest BCUT2D eigenvalue weighted by Crippen LogP contribution is 2.19. The standard InChI is InChI=1S/C10H15N3S.C5H11N/c1-7(9(6-11)10(12)14)13-8-4-2-3-5-8;6-5-3-1-2-4-5/h8,13H,2-5H2,1H3,(H2,12,14);5H,1-4,6H2/b9-7-;.